The Bertz CT molecular complexity index is 1180. The first-order chi connectivity index (χ1) is 14.7. The molecule has 1 aromatic heterocycles. The Morgan fingerprint density at radius 2 is 1.75 bits per heavy atom. The Morgan fingerprint density at radius 1 is 1.12 bits per heavy atom. The first-order valence-corrected chi connectivity index (χ1v) is 10.0. The molecule has 1 aliphatic heterocycles. The highest BCUT2D eigenvalue weighted by Gasteiger charge is 2.34. The fourth-order valence-corrected chi connectivity index (χ4v) is 3.62. The molecule has 0 aliphatic carbocycles. The van der Waals surface area contributed by atoms with Crippen LogP contribution in [-0.4, -0.2) is 27.0 Å². The van der Waals surface area contributed by atoms with Crippen LogP contribution < -0.4 is 0 Å². The fraction of sp³-hybridized carbons (Fsp3) is 0.333. The Labute approximate surface area is 184 Å². The van der Waals surface area contributed by atoms with E-state index in [9.17, 15) is 23.1 Å². The molecule has 32 heavy (non-hydrogen) atoms. The lowest BCUT2D eigenvalue weighted by molar-refractivity contribution is -0.149. The van der Waals surface area contributed by atoms with Crippen LogP contribution in [0.25, 0.3) is 11.8 Å². The summed E-state index contributed by atoms with van der Waals surface area (Å²) in [5.74, 6) is -1.01. The molecule has 5 nitrogen and oxygen atoms in total. The number of carbonyl (C=O) groups is 1. The lowest BCUT2D eigenvalue weighted by atomic mass is 10.1. The van der Waals surface area contributed by atoms with Crippen molar-refractivity contribution in [1.82, 2.24) is 4.57 Å². The second-order valence-corrected chi connectivity index (χ2v) is 8.63. The van der Waals surface area contributed by atoms with Gasteiger partial charge in [-0.3, -0.25) is 0 Å². The van der Waals surface area contributed by atoms with Gasteiger partial charge >= 0.3 is 12.1 Å². The van der Waals surface area contributed by atoms with Crippen LogP contribution in [0.2, 0.25) is 0 Å². The number of hydrogen-bond acceptors (Lipinski definition) is 4. The third kappa shape index (κ3) is 4.49. The number of alkyl halides is 3. The summed E-state index contributed by atoms with van der Waals surface area (Å²) in [5.41, 5.74) is 0.648. The molecule has 0 atom stereocenters. The number of esters is 1. The number of para-hydroxylation sites is 1. The van der Waals surface area contributed by atoms with Crippen molar-refractivity contribution < 1.29 is 27.8 Å². The summed E-state index contributed by atoms with van der Waals surface area (Å²) in [6.45, 7) is 10.1. The van der Waals surface area contributed by atoms with Crippen LogP contribution in [0.1, 0.15) is 50.2 Å². The number of aryl methyl sites for hydroxylation is 1. The second-order valence-electron chi connectivity index (χ2n) is 8.63. The molecule has 8 heteroatoms. The topological polar surface area (TPSA) is 63.8 Å². The third-order valence-electron chi connectivity index (χ3n) is 4.95. The molecule has 0 bridgehead atoms. The predicted octanol–water partition coefficient (Wildman–Crippen LogP) is 6.08. The van der Waals surface area contributed by atoms with Gasteiger partial charge in [0.2, 0.25) is 0 Å². The lowest BCUT2D eigenvalue weighted by Gasteiger charge is -2.19. The Balaban J connectivity index is 2.07. The fourth-order valence-electron chi connectivity index (χ4n) is 3.62. The van der Waals surface area contributed by atoms with Crippen molar-refractivity contribution in [3.8, 4) is 5.69 Å². The highest BCUT2D eigenvalue weighted by Crippen LogP contribution is 2.36. The number of ether oxygens (including phenoxy) is 1. The van der Waals surface area contributed by atoms with Gasteiger partial charge in [0.25, 0.3) is 0 Å². The summed E-state index contributed by atoms with van der Waals surface area (Å²) in [6.07, 6.45) is -2.96. The monoisotopic (exact) mass is 446 g/mol. The van der Waals surface area contributed by atoms with E-state index in [1.807, 2.05) is 0 Å². The van der Waals surface area contributed by atoms with Crippen molar-refractivity contribution in [2.24, 2.45) is 4.99 Å². The van der Waals surface area contributed by atoms with Gasteiger partial charge in [-0.25, -0.2) is 9.79 Å². The van der Waals surface area contributed by atoms with Crippen LogP contribution in [0.15, 0.2) is 52.4 Å². The van der Waals surface area contributed by atoms with E-state index in [1.165, 1.54) is 16.7 Å². The van der Waals surface area contributed by atoms with E-state index in [0.717, 1.165) is 6.07 Å². The SMILES string of the molecule is CC1=N/C(=C/c2cc(C)n(-c3ccccc3C(F)(F)F)c2C)C(O)=C1C(=O)OC(C)(C)C. The molecule has 1 aliphatic rings. The van der Waals surface area contributed by atoms with Crippen molar-refractivity contribution in [3.05, 3.63) is 69.9 Å². The lowest BCUT2D eigenvalue weighted by Crippen LogP contribution is -2.26. The number of benzene rings is 1. The quantitative estimate of drug-likeness (QED) is 0.581. The van der Waals surface area contributed by atoms with Crippen LogP contribution in [0.3, 0.4) is 0 Å². The zero-order valence-electron chi connectivity index (χ0n) is 18.8. The molecule has 0 fully saturated rings. The smallest absolute Gasteiger partial charge is 0.418 e. The van der Waals surface area contributed by atoms with Crippen molar-refractivity contribution in [3.63, 3.8) is 0 Å². The number of nitrogens with zero attached hydrogens (tertiary/aromatic N) is 2. The van der Waals surface area contributed by atoms with Crippen LogP contribution in [0, 0.1) is 13.8 Å². The van der Waals surface area contributed by atoms with E-state index in [1.54, 1.807) is 59.8 Å². The first-order valence-electron chi connectivity index (χ1n) is 10.0. The summed E-state index contributed by atoms with van der Waals surface area (Å²) in [4.78, 5) is 16.7. The highest BCUT2D eigenvalue weighted by molar-refractivity contribution is 6.22. The molecule has 2 aromatic rings. The molecule has 0 unspecified atom stereocenters. The standard InChI is InChI=1S/C24H25F3N2O3/c1-13-11-16(15(3)29(13)19-10-8-7-9-17(19)24(25,26)27)12-18-21(30)20(14(2)28-18)22(31)32-23(4,5)6/h7-12,30H,1-6H3/b18-12+. The minimum Gasteiger partial charge on any atom is -0.505 e. The maximum atomic E-state index is 13.5. The van der Waals surface area contributed by atoms with Crippen LogP contribution in [0.4, 0.5) is 13.2 Å². The van der Waals surface area contributed by atoms with Gasteiger partial charge in [0.1, 0.15) is 16.9 Å². The molecular weight excluding hydrogens is 421 g/mol. The molecule has 170 valence electrons. The van der Waals surface area contributed by atoms with Gasteiger partial charge in [-0.1, -0.05) is 12.1 Å². The minimum absolute atomic E-state index is 0.0139. The molecule has 1 aromatic carbocycles. The molecule has 1 N–H and O–H groups in total. The normalized spacial score (nSPS) is 16.0. The Kier molecular flexibility index (Phi) is 5.84. The molecule has 0 spiro atoms. The van der Waals surface area contributed by atoms with E-state index in [-0.39, 0.29) is 22.7 Å². The summed E-state index contributed by atoms with van der Waals surface area (Å²) in [6, 6.07) is 7.06. The van der Waals surface area contributed by atoms with Gasteiger partial charge in [-0.05, 0) is 71.4 Å². The largest absolute Gasteiger partial charge is 0.505 e. The average Bonchev–Trinajstić information content (AvgIpc) is 3.08. The number of carbonyl (C=O) groups excluding carboxylic acids is 1. The van der Waals surface area contributed by atoms with Crippen molar-refractivity contribution in [2.75, 3.05) is 0 Å². The summed E-state index contributed by atoms with van der Waals surface area (Å²) in [5, 5.41) is 10.6. The number of aliphatic hydroxyl groups is 1. The van der Waals surface area contributed by atoms with Crippen LogP contribution >= 0.6 is 0 Å². The number of aromatic nitrogens is 1. The molecule has 3 rings (SSSR count). The van der Waals surface area contributed by atoms with E-state index < -0.39 is 23.3 Å². The summed E-state index contributed by atoms with van der Waals surface area (Å²) < 4.78 is 47.5. The second kappa shape index (κ2) is 8.00. The van der Waals surface area contributed by atoms with Crippen LogP contribution in [-0.2, 0) is 15.7 Å². The Hall–Kier alpha value is -3.29. The number of halogens is 3. The van der Waals surface area contributed by atoms with Crippen molar-refractivity contribution in [1.29, 1.82) is 0 Å². The summed E-state index contributed by atoms with van der Waals surface area (Å²) >= 11 is 0. The number of rotatable bonds is 3. The zero-order valence-corrected chi connectivity index (χ0v) is 18.8. The zero-order chi connectivity index (χ0) is 24.0. The summed E-state index contributed by atoms with van der Waals surface area (Å²) in [7, 11) is 0. The molecule has 0 saturated carbocycles. The van der Waals surface area contributed by atoms with Gasteiger partial charge in [-0.15, -0.1) is 0 Å². The molecule has 0 saturated heterocycles. The maximum absolute atomic E-state index is 13.5. The van der Waals surface area contributed by atoms with Crippen molar-refractivity contribution >= 4 is 17.8 Å². The minimum atomic E-state index is -4.51. The van der Waals surface area contributed by atoms with Gasteiger partial charge in [0.05, 0.1) is 17.0 Å². The molecule has 2 heterocycles. The van der Waals surface area contributed by atoms with Crippen molar-refractivity contribution in [2.45, 2.75) is 53.3 Å². The van der Waals surface area contributed by atoms with E-state index in [0.29, 0.717) is 22.7 Å². The predicted molar refractivity (Wildman–Crippen MR) is 117 cm³/mol. The van der Waals surface area contributed by atoms with E-state index in [4.69, 9.17) is 4.74 Å². The van der Waals surface area contributed by atoms with Crippen LogP contribution in [0.5, 0.6) is 0 Å². The van der Waals surface area contributed by atoms with E-state index >= 15 is 0 Å². The average molecular weight is 446 g/mol. The van der Waals surface area contributed by atoms with Gasteiger partial charge in [0, 0.05) is 11.4 Å². The van der Waals surface area contributed by atoms with Gasteiger partial charge in [0.15, 0.2) is 5.76 Å². The van der Waals surface area contributed by atoms with Gasteiger partial charge < -0.3 is 14.4 Å². The molecule has 0 amide bonds. The van der Waals surface area contributed by atoms with Gasteiger partial charge in [-0.2, -0.15) is 13.2 Å². The number of aliphatic hydroxyl groups excluding tert-OH is 1. The maximum Gasteiger partial charge on any atom is 0.418 e. The molecular formula is C24H25F3N2O3. The molecule has 0 radical (unpaired) electrons. The number of hydrogen-bond donors (Lipinski definition) is 1. The van der Waals surface area contributed by atoms with E-state index in [2.05, 4.69) is 4.99 Å². The number of aliphatic imine (C=N–C) groups is 1. The Morgan fingerprint density at radius 3 is 2.34 bits per heavy atom. The third-order valence-corrected chi connectivity index (χ3v) is 4.95. The first kappa shape index (κ1) is 23.4. The highest BCUT2D eigenvalue weighted by atomic mass is 19.4.